The van der Waals surface area contributed by atoms with E-state index in [4.69, 9.17) is 0 Å². The molecule has 7 heteroatoms. The number of hydrogen-bond donors (Lipinski definition) is 1. The third kappa shape index (κ3) is 3.87. The second-order valence-corrected chi connectivity index (χ2v) is 5.18. The van der Waals surface area contributed by atoms with Crippen LogP contribution in [0.25, 0.3) is 0 Å². The molecule has 3 rings (SSSR count). The Labute approximate surface area is 131 Å². The van der Waals surface area contributed by atoms with Crippen molar-refractivity contribution in [1.82, 2.24) is 19.8 Å². The van der Waals surface area contributed by atoms with Gasteiger partial charge < -0.3 is 14.8 Å². The summed E-state index contributed by atoms with van der Waals surface area (Å²) in [4.78, 5) is 18.4. The maximum absolute atomic E-state index is 12.1. The van der Waals surface area contributed by atoms with Gasteiger partial charge in [0, 0.05) is 37.9 Å². The lowest BCUT2D eigenvalue weighted by molar-refractivity contribution is -0.132. The second-order valence-electron chi connectivity index (χ2n) is 5.18. The number of aromatic nitrogens is 2. The van der Waals surface area contributed by atoms with E-state index in [-0.39, 0.29) is 30.7 Å². The molecule has 1 aromatic heterocycles. The minimum Gasteiger partial charge on any atom is -0.333 e. The van der Waals surface area contributed by atoms with E-state index in [0.717, 1.165) is 31.9 Å². The fourth-order valence-electron chi connectivity index (χ4n) is 2.85. The molecule has 1 amide bonds. The summed E-state index contributed by atoms with van der Waals surface area (Å²) in [5, 5.41) is 3.44. The molecule has 0 radical (unpaired) electrons. The van der Waals surface area contributed by atoms with Gasteiger partial charge in [-0.05, 0) is 25.8 Å². The maximum atomic E-state index is 12.1. The molecule has 3 heterocycles. The van der Waals surface area contributed by atoms with E-state index in [1.165, 1.54) is 12.8 Å². The van der Waals surface area contributed by atoms with Gasteiger partial charge in [0.15, 0.2) is 0 Å². The highest BCUT2D eigenvalue weighted by Gasteiger charge is 2.22. The summed E-state index contributed by atoms with van der Waals surface area (Å²) in [6.07, 6.45) is 7.91. The third-order valence-corrected chi connectivity index (χ3v) is 3.97. The molecular formula is C13H22Cl2N4O. The molecule has 0 aromatic carbocycles. The summed E-state index contributed by atoms with van der Waals surface area (Å²) in [7, 11) is 0. The number of hydrogen-bond acceptors (Lipinski definition) is 3. The van der Waals surface area contributed by atoms with Crippen molar-refractivity contribution in [3.63, 3.8) is 0 Å². The zero-order chi connectivity index (χ0) is 12.4. The molecule has 2 aliphatic rings. The SMILES string of the molecule is Cl.Cl.O=C(CCC1CCCN1)N1CCn2ccnc2C1. The average molecular weight is 321 g/mol. The molecule has 2 aliphatic heterocycles. The van der Waals surface area contributed by atoms with Crippen LogP contribution >= 0.6 is 24.8 Å². The van der Waals surface area contributed by atoms with Crippen LogP contribution in [0.3, 0.4) is 0 Å². The molecular weight excluding hydrogens is 299 g/mol. The van der Waals surface area contributed by atoms with Crippen LogP contribution in [0.5, 0.6) is 0 Å². The van der Waals surface area contributed by atoms with Crippen molar-refractivity contribution in [3.05, 3.63) is 18.2 Å². The summed E-state index contributed by atoms with van der Waals surface area (Å²) in [6, 6.07) is 0.556. The number of nitrogens with one attached hydrogen (secondary N) is 1. The Kier molecular flexibility index (Phi) is 6.79. The topological polar surface area (TPSA) is 50.2 Å². The quantitative estimate of drug-likeness (QED) is 0.920. The van der Waals surface area contributed by atoms with Crippen molar-refractivity contribution in [2.75, 3.05) is 13.1 Å². The Morgan fingerprint density at radius 1 is 1.40 bits per heavy atom. The Hall–Kier alpha value is -0.780. The van der Waals surface area contributed by atoms with Crippen LogP contribution in [-0.2, 0) is 17.9 Å². The van der Waals surface area contributed by atoms with Gasteiger partial charge in [-0.25, -0.2) is 4.98 Å². The Morgan fingerprint density at radius 3 is 3.00 bits per heavy atom. The second kappa shape index (κ2) is 7.86. The van der Waals surface area contributed by atoms with Gasteiger partial charge in [0.05, 0.1) is 6.54 Å². The lowest BCUT2D eigenvalue weighted by atomic mass is 10.1. The molecule has 0 bridgehead atoms. The van der Waals surface area contributed by atoms with Crippen molar-refractivity contribution in [2.45, 2.75) is 44.8 Å². The molecule has 1 unspecified atom stereocenters. The molecule has 1 saturated heterocycles. The fourth-order valence-corrected chi connectivity index (χ4v) is 2.85. The summed E-state index contributed by atoms with van der Waals surface area (Å²) < 4.78 is 2.13. The first-order valence-electron chi connectivity index (χ1n) is 6.84. The minimum atomic E-state index is 0. The van der Waals surface area contributed by atoms with E-state index in [1.807, 2.05) is 17.3 Å². The van der Waals surface area contributed by atoms with Gasteiger partial charge in [0.2, 0.25) is 5.91 Å². The summed E-state index contributed by atoms with van der Waals surface area (Å²) in [5.41, 5.74) is 0. The van der Waals surface area contributed by atoms with Gasteiger partial charge in [-0.15, -0.1) is 24.8 Å². The molecule has 1 N–H and O–H groups in total. The predicted octanol–water partition coefficient (Wildman–Crippen LogP) is 1.60. The molecule has 0 saturated carbocycles. The number of imidazole rings is 1. The molecule has 114 valence electrons. The standard InChI is InChI=1S/C13H20N4O.2ClH/c18-13(4-3-11-2-1-5-14-11)17-9-8-16-7-6-15-12(16)10-17;;/h6-7,11,14H,1-5,8-10H2;2*1H. The van der Waals surface area contributed by atoms with Crippen LogP contribution in [-0.4, -0.2) is 39.5 Å². The molecule has 1 aromatic rings. The van der Waals surface area contributed by atoms with Crippen molar-refractivity contribution < 1.29 is 4.79 Å². The summed E-state index contributed by atoms with van der Waals surface area (Å²) in [5.74, 6) is 1.28. The summed E-state index contributed by atoms with van der Waals surface area (Å²) in [6.45, 7) is 3.48. The molecule has 0 aliphatic carbocycles. The predicted molar refractivity (Wildman–Crippen MR) is 82.4 cm³/mol. The fraction of sp³-hybridized carbons (Fsp3) is 0.692. The number of carbonyl (C=O) groups is 1. The van der Waals surface area contributed by atoms with Crippen molar-refractivity contribution in [3.8, 4) is 0 Å². The number of amides is 1. The monoisotopic (exact) mass is 320 g/mol. The molecule has 1 fully saturated rings. The van der Waals surface area contributed by atoms with Gasteiger partial charge >= 0.3 is 0 Å². The first-order valence-corrected chi connectivity index (χ1v) is 6.84. The minimum absolute atomic E-state index is 0. The Bertz CT molecular complexity index is 432. The van der Waals surface area contributed by atoms with Gasteiger partial charge in [-0.2, -0.15) is 0 Å². The van der Waals surface area contributed by atoms with E-state index in [9.17, 15) is 4.79 Å². The highest BCUT2D eigenvalue weighted by Crippen LogP contribution is 2.15. The van der Waals surface area contributed by atoms with E-state index in [1.54, 1.807) is 0 Å². The molecule has 20 heavy (non-hydrogen) atoms. The van der Waals surface area contributed by atoms with Gasteiger partial charge in [-0.1, -0.05) is 0 Å². The number of nitrogens with zero attached hydrogens (tertiary/aromatic N) is 3. The van der Waals surface area contributed by atoms with Gasteiger partial charge in [-0.3, -0.25) is 4.79 Å². The van der Waals surface area contributed by atoms with Crippen LogP contribution in [0.1, 0.15) is 31.5 Å². The van der Waals surface area contributed by atoms with E-state index >= 15 is 0 Å². The maximum Gasteiger partial charge on any atom is 0.223 e. The van der Waals surface area contributed by atoms with Crippen molar-refractivity contribution in [2.24, 2.45) is 0 Å². The first-order chi connectivity index (χ1) is 8.83. The first kappa shape index (κ1) is 17.3. The highest BCUT2D eigenvalue weighted by atomic mass is 35.5. The number of halogens is 2. The van der Waals surface area contributed by atoms with Crippen LogP contribution in [0, 0.1) is 0 Å². The Balaban J connectivity index is 0.000001000. The number of carbonyl (C=O) groups excluding carboxylic acids is 1. The smallest absolute Gasteiger partial charge is 0.223 e. The normalized spacial score (nSPS) is 20.8. The molecule has 0 spiro atoms. The average Bonchev–Trinajstić information content (AvgIpc) is 3.05. The van der Waals surface area contributed by atoms with Gasteiger partial charge in [0.1, 0.15) is 5.82 Å². The van der Waals surface area contributed by atoms with E-state index in [0.29, 0.717) is 19.0 Å². The largest absolute Gasteiger partial charge is 0.333 e. The zero-order valence-corrected chi connectivity index (χ0v) is 13.1. The lowest BCUT2D eigenvalue weighted by Gasteiger charge is -2.28. The van der Waals surface area contributed by atoms with Crippen LogP contribution in [0.4, 0.5) is 0 Å². The number of fused-ring (bicyclic) bond motifs is 1. The van der Waals surface area contributed by atoms with Crippen molar-refractivity contribution in [1.29, 1.82) is 0 Å². The third-order valence-electron chi connectivity index (χ3n) is 3.97. The Morgan fingerprint density at radius 2 is 2.25 bits per heavy atom. The van der Waals surface area contributed by atoms with Crippen LogP contribution in [0.15, 0.2) is 12.4 Å². The van der Waals surface area contributed by atoms with Crippen molar-refractivity contribution >= 4 is 30.7 Å². The zero-order valence-electron chi connectivity index (χ0n) is 11.5. The summed E-state index contributed by atoms with van der Waals surface area (Å²) >= 11 is 0. The molecule has 5 nitrogen and oxygen atoms in total. The molecule has 1 atom stereocenters. The van der Waals surface area contributed by atoms with E-state index < -0.39 is 0 Å². The van der Waals surface area contributed by atoms with Crippen LogP contribution < -0.4 is 5.32 Å². The van der Waals surface area contributed by atoms with Crippen LogP contribution in [0.2, 0.25) is 0 Å². The van der Waals surface area contributed by atoms with Gasteiger partial charge in [0.25, 0.3) is 0 Å². The lowest BCUT2D eigenvalue weighted by Crippen LogP contribution is -2.38. The highest BCUT2D eigenvalue weighted by molar-refractivity contribution is 5.85. The number of rotatable bonds is 3. The van der Waals surface area contributed by atoms with E-state index in [2.05, 4.69) is 14.9 Å².